The highest BCUT2D eigenvalue weighted by Crippen LogP contribution is 2.11. The molecule has 0 heterocycles. The summed E-state index contributed by atoms with van der Waals surface area (Å²) in [6, 6.07) is 0. The summed E-state index contributed by atoms with van der Waals surface area (Å²) < 4.78 is 10.5. The van der Waals surface area contributed by atoms with Crippen LogP contribution < -0.4 is 0 Å². The zero-order chi connectivity index (χ0) is 25.1. The van der Waals surface area contributed by atoms with Crippen LogP contribution in [-0.4, -0.2) is 36.4 Å². The van der Waals surface area contributed by atoms with Crippen molar-refractivity contribution >= 4 is 11.9 Å². The van der Waals surface area contributed by atoms with E-state index in [0.717, 1.165) is 44.9 Å². The van der Waals surface area contributed by atoms with Crippen molar-refractivity contribution in [3.63, 3.8) is 0 Å². The van der Waals surface area contributed by atoms with Gasteiger partial charge in [-0.05, 0) is 38.5 Å². The fourth-order valence-electron chi connectivity index (χ4n) is 3.84. The number of carbonyl (C=O) groups is 2. The third kappa shape index (κ3) is 23.8. The first-order valence-corrected chi connectivity index (χ1v) is 14.2. The molecule has 0 aromatic rings. The Morgan fingerprint density at radius 3 is 1.65 bits per heavy atom. The van der Waals surface area contributed by atoms with E-state index < -0.39 is 6.10 Å². The van der Waals surface area contributed by atoms with Crippen LogP contribution in [0.25, 0.3) is 0 Å². The first-order chi connectivity index (χ1) is 16.6. The van der Waals surface area contributed by atoms with E-state index in [1.165, 1.54) is 70.6 Å². The second-order valence-electron chi connectivity index (χ2n) is 9.48. The van der Waals surface area contributed by atoms with Gasteiger partial charge in [0.25, 0.3) is 0 Å². The molecular weight excluding hydrogens is 428 g/mol. The predicted octanol–water partition coefficient (Wildman–Crippen LogP) is 7.83. The molecule has 0 amide bonds. The second kappa shape index (κ2) is 26.2. The molecule has 0 saturated carbocycles. The molecule has 200 valence electrons. The maximum atomic E-state index is 12.0. The maximum absolute atomic E-state index is 12.0. The average molecular weight is 483 g/mol. The van der Waals surface area contributed by atoms with Gasteiger partial charge in [-0.1, -0.05) is 103 Å². The summed E-state index contributed by atoms with van der Waals surface area (Å²) in [7, 11) is 0. The van der Waals surface area contributed by atoms with Crippen molar-refractivity contribution in [2.24, 2.45) is 0 Å². The van der Waals surface area contributed by atoms with E-state index in [1.807, 2.05) is 0 Å². The van der Waals surface area contributed by atoms with E-state index in [4.69, 9.17) is 9.47 Å². The Kier molecular flexibility index (Phi) is 25.2. The molecule has 0 unspecified atom stereocenters. The predicted molar refractivity (Wildman–Crippen MR) is 141 cm³/mol. The molecule has 0 aromatic carbocycles. The quantitative estimate of drug-likeness (QED) is 0.0815. The first kappa shape index (κ1) is 32.6. The number of hydrogen-bond donors (Lipinski definition) is 1. The molecule has 0 radical (unpaired) electrons. The topological polar surface area (TPSA) is 72.8 Å². The Labute approximate surface area is 210 Å². The van der Waals surface area contributed by atoms with Crippen LogP contribution in [0.1, 0.15) is 142 Å². The summed E-state index contributed by atoms with van der Waals surface area (Å²) >= 11 is 0. The Bertz CT molecular complexity index is 489. The van der Waals surface area contributed by atoms with Crippen LogP contribution in [0.4, 0.5) is 0 Å². The van der Waals surface area contributed by atoms with Crippen LogP contribution in [0.2, 0.25) is 0 Å². The smallest absolute Gasteiger partial charge is 0.306 e. The minimum absolute atomic E-state index is 0.0664. The van der Waals surface area contributed by atoms with Crippen LogP contribution in [-0.2, 0) is 19.1 Å². The Morgan fingerprint density at radius 1 is 0.647 bits per heavy atom. The van der Waals surface area contributed by atoms with Gasteiger partial charge in [0, 0.05) is 12.8 Å². The maximum Gasteiger partial charge on any atom is 0.306 e. The number of aliphatic hydroxyl groups excluding tert-OH is 1. The lowest BCUT2D eigenvalue weighted by Crippen LogP contribution is -2.28. The second-order valence-corrected chi connectivity index (χ2v) is 9.48. The highest BCUT2D eigenvalue weighted by Gasteiger charge is 2.16. The van der Waals surface area contributed by atoms with Crippen molar-refractivity contribution in [1.29, 1.82) is 0 Å². The summed E-state index contributed by atoms with van der Waals surface area (Å²) in [4.78, 5) is 23.9. The summed E-state index contributed by atoms with van der Waals surface area (Å²) in [5, 5.41) is 9.42. The van der Waals surface area contributed by atoms with Crippen LogP contribution in [0, 0.1) is 0 Å². The molecule has 0 aromatic heterocycles. The number of esters is 2. The van der Waals surface area contributed by atoms with Crippen molar-refractivity contribution < 1.29 is 24.2 Å². The van der Waals surface area contributed by atoms with Crippen molar-refractivity contribution in [2.45, 2.75) is 148 Å². The third-order valence-electron chi connectivity index (χ3n) is 6.06. The van der Waals surface area contributed by atoms with Gasteiger partial charge >= 0.3 is 11.9 Å². The summed E-state index contributed by atoms with van der Waals surface area (Å²) in [5.74, 6) is -0.607. The van der Waals surface area contributed by atoms with Crippen LogP contribution >= 0.6 is 0 Å². The number of hydrogen-bond acceptors (Lipinski definition) is 5. The zero-order valence-corrected chi connectivity index (χ0v) is 22.4. The molecule has 5 nitrogen and oxygen atoms in total. The lowest BCUT2D eigenvalue weighted by atomic mass is 10.1. The molecule has 0 saturated heterocycles. The Hall–Kier alpha value is -1.36. The van der Waals surface area contributed by atoms with Gasteiger partial charge in [-0.2, -0.15) is 0 Å². The number of rotatable bonds is 25. The molecule has 5 heteroatoms. The molecule has 0 spiro atoms. The lowest BCUT2D eigenvalue weighted by molar-refractivity contribution is -0.161. The van der Waals surface area contributed by atoms with Crippen LogP contribution in [0.3, 0.4) is 0 Å². The van der Waals surface area contributed by atoms with Gasteiger partial charge in [0.15, 0.2) is 6.10 Å². The van der Waals surface area contributed by atoms with Gasteiger partial charge in [-0.15, -0.1) is 0 Å². The minimum atomic E-state index is -0.763. The van der Waals surface area contributed by atoms with Crippen molar-refractivity contribution in [2.75, 3.05) is 13.2 Å². The molecule has 0 fully saturated rings. The minimum Gasteiger partial charge on any atom is -0.462 e. The molecule has 34 heavy (non-hydrogen) atoms. The van der Waals surface area contributed by atoms with Gasteiger partial charge in [-0.25, -0.2) is 0 Å². The molecule has 0 rings (SSSR count). The van der Waals surface area contributed by atoms with Crippen LogP contribution in [0.15, 0.2) is 12.2 Å². The Balaban J connectivity index is 3.62. The van der Waals surface area contributed by atoms with Crippen molar-refractivity contribution in [3.05, 3.63) is 12.2 Å². The largest absolute Gasteiger partial charge is 0.462 e. The summed E-state index contributed by atoms with van der Waals surface area (Å²) in [6.07, 6.45) is 25.5. The molecule has 1 atom stereocenters. The third-order valence-corrected chi connectivity index (χ3v) is 6.06. The van der Waals surface area contributed by atoms with Gasteiger partial charge in [-0.3, -0.25) is 9.59 Å². The average Bonchev–Trinajstić information content (AvgIpc) is 2.84. The Morgan fingerprint density at radius 2 is 1.09 bits per heavy atom. The van der Waals surface area contributed by atoms with E-state index in [9.17, 15) is 14.7 Å². The fraction of sp³-hybridized carbons (Fsp3) is 0.862. The molecule has 0 aliphatic carbocycles. The van der Waals surface area contributed by atoms with Gasteiger partial charge < -0.3 is 14.6 Å². The fourth-order valence-corrected chi connectivity index (χ4v) is 3.84. The number of carbonyl (C=O) groups excluding carboxylic acids is 2. The SMILES string of the molecule is CCCCC/C=C/CCCCCCCC(=O)OC[C@H](CO)OC(=O)CCCCCCCCCC. The molecule has 1 N–H and O–H groups in total. The highest BCUT2D eigenvalue weighted by atomic mass is 16.6. The van der Waals surface area contributed by atoms with E-state index in [2.05, 4.69) is 26.0 Å². The monoisotopic (exact) mass is 482 g/mol. The number of aliphatic hydroxyl groups is 1. The van der Waals surface area contributed by atoms with Gasteiger partial charge in [0.05, 0.1) is 6.61 Å². The normalized spacial score (nSPS) is 12.2. The molecule has 0 bridgehead atoms. The van der Waals surface area contributed by atoms with Crippen molar-refractivity contribution in [3.8, 4) is 0 Å². The summed E-state index contributed by atoms with van der Waals surface area (Å²) in [6.45, 7) is 4.04. The molecule has 0 aliphatic heterocycles. The van der Waals surface area contributed by atoms with Crippen LogP contribution in [0.5, 0.6) is 0 Å². The van der Waals surface area contributed by atoms with E-state index in [-0.39, 0.29) is 25.2 Å². The molecule has 0 aliphatic rings. The van der Waals surface area contributed by atoms with E-state index in [1.54, 1.807) is 0 Å². The van der Waals surface area contributed by atoms with E-state index >= 15 is 0 Å². The number of ether oxygens (including phenoxy) is 2. The summed E-state index contributed by atoms with van der Waals surface area (Å²) in [5.41, 5.74) is 0. The zero-order valence-electron chi connectivity index (χ0n) is 22.4. The van der Waals surface area contributed by atoms with Gasteiger partial charge in [0.1, 0.15) is 6.61 Å². The molecular formula is C29H54O5. The van der Waals surface area contributed by atoms with E-state index in [0.29, 0.717) is 12.8 Å². The standard InChI is InChI=1S/C29H54O5/c1-3-5-7-9-11-13-14-15-16-18-19-21-23-28(31)33-26-27(25-30)34-29(32)24-22-20-17-12-10-8-6-4-2/h11,13,27,30H,3-10,12,14-26H2,1-2H3/b13-11+/t27-/m0/s1. The van der Waals surface area contributed by atoms with Gasteiger partial charge in [0.2, 0.25) is 0 Å². The number of allylic oxidation sites excluding steroid dienone is 2. The first-order valence-electron chi connectivity index (χ1n) is 14.2. The number of unbranched alkanes of at least 4 members (excludes halogenated alkanes) is 15. The highest BCUT2D eigenvalue weighted by molar-refractivity contribution is 5.70. The lowest BCUT2D eigenvalue weighted by Gasteiger charge is -2.15. The van der Waals surface area contributed by atoms with Crippen molar-refractivity contribution in [1.82, 2.24) is 0 Å².